The number of nitrogens with zero attached hydrogens (tertiary/aromatic N) is 2. The van der Waals surface area contributed by atoms with Gasteiger partial charge in [0.1, 0.15) is 5.82 Å². The average molecular weight is 442 g/mol. The Morgan fingerprint density at radius 2 is 1.73 bits per heavy atom. The zero-order valence-corrected chi connectivity index (χ0v) is 19.9. The molecule has 0 spiro atoms. The summed E-state index contributed by atoms with van der Waals surface area (Å²) in [5, 5.41) is 3.10. The number of carbonyl (C=O) groups is 1. The fourth-order valence-corrected chi connectivity index (χ4v) is 4.74. The molecular weight excluding hydrogens is 406 g/mol. The van der Waals surface area contributed by atoms with Crippen LogP contribution in [0.15, 0.2) is 60.8 Å². The summed E-state index contributed by atoms with van der Waals surface area (Å²) in [6, 6.07) is 18.5. The van der Waals surface area contributed by atoms with Gasteiger partial charge in [0, 0.05) is 18.7 Å². The molecule has 33 heavy (non-hydrogen) atoms. The molecule has 172 valence electrons. The van der Waals surface area contributed by atoms with E-state index < -0.39 is 0 Å². The van der Waals surface area contributed by atoms with Gasteiger partial charge in [0.2, 0.25) is 0 Å². The number of hydrogen-bond acceptors (Lipinski definition) is 3. The lowest BCUT2D eigenvalue weighted by atomic mass is 9.88. The van der Waals surface area contributed by atoms with E-state index in [0.717, 1.165) is 55.0 Å². The first-order valence-corrected chi connectivity index (χ1v) is 12.4. The maximum atomic E-state index is 13.4. The van der Waals surface area contributed by atoms with Crippen LogP contribution in [0.25, 0.3) is 11.1 Å². The number of aromatic nitrogens is 1. The summed E-state index contributed by atoms with van der Waals surface area (Å²) < 4.78 is 0. The van der Waals surface area contributed by atoms with Crippen LogP contribution in [0.3, 0.4) is 0 Å². The minimum Gasteiger partial charge on any atom is -0.357 e. The molecule has 0 saturated carbocycles. The van der Waals surface area contributed by atoms with Gasteiger partial charge in [-0.2, -0.15) is 0 Å². The molecule has 0 aliphatic carbocycles. The number of benzene rings is 2. The van der Waals surface area contributed by atoms with Crippen LogP contribution in [0.5, 0.6) is 0 Å². The predicted molar refractivity (Wildman–Crippen MR) is 138 cm³/mol. The molecule has 1 aromatic heterocycles. The third-order valence-electron chi connectivity index (χ3n) is 6.54. The van der Waals surface area contributed by atoms with Crippen LogP contribution in [0.4, 0.5) is 11.5 Å². The van der Waals surface area contributed by atoms with Crippen molar-refractivity contribution < 1.29 is 4.79 Å². The zero-order valence-electron chi connectivity index (χ0n) is 19.9. The van der Waals surface area contributed by atoms with Crippen molar-refractivity contribution in [1.29, 1.82) is 0 Å². The number of nitrogens with one attached hydrogen (secondary N) is 1. The fourth-order valence-electron chi connectivity index (χ4n) is 4.74. The Morgan fingerprint density at radius 3 is 2.39 bits per heavy atom. The number of pyridine rings is 1. The lowest BCUT2D eigenvalue weighted by molar-refractivity contribution is 0.102. The smallest absolute Gasteiger partial charge is 0.256 e. The van der Waals surface area contributed by atoms with E-state index in [1.807, 2.05) is 24.3 Å². The first-order valence-electron chi connectivity index (χ1n) is 12.4. The Bertz CT molecular complexity index is 1050. The molecule has 2 aromatic carbocycles. The highest BCUT2D eigenvalue weighted by atomic mass is 16.1. The van der Waals surface area contributed by atoms with Crippen LogP contribution in [0, 0.1) is 6.92 Å². The van der Waals surface area contributed by atoms with Crippen molar-refractivity contribution in [3.8, 4) is 11.1 Å². The van der Waals surface area contributed by atoms with Gasteiger partial charge in [0.05, 0.1) is 11.9 Å². The third kappa shape index (κ3) is 5.62. The molecule has 1 N–H and O–H groups in total. The maximum Gasteiger partial charge on any atom is 0.256 e. The van der Waals surface area contributed by atoms with Crippen LogP contribution in [-0.4, -0.2) is 24.0 Å². The fraction of sp³-hybridized carbons (Fsp3) is 0.379. The lowest BCUT2D eigenvalue weighted by Gasteiger charge is -2.21. The highest BCUT2D eigenvalue weighted by Crippen LogP contribution is 2.32. The van der Waals surface area contributed by atoms with Gasteiger partial charge in [-0.15, -0.1) is 0 Å². The van der Waals surface area contributed by atoms with E-state index in [1.54, 1.807) is 6.20 Å². The molecule has 1 aliphatic rings. The second kappa shape index (κ2) is 11.1. The predicted octanol–water partition coefficient (Wildman–Crippen LogP) is 7.03. The van der Waals surface area contributed by atoms with Crippen LogP contribution in [0.1, 0.15) is 66.9 Å². The Kier molecular flexibility index (Phi) is 7.77. The second-order valence-electron chi connectivity index (χ2n) is 9.01. The molecule has 1 saturated heterocycles. The van der Waals surface area contributed by atoms with Gasteiger partial charge in [-0.25, -0.2) is 4.98 Å². The number of unbranched alkanes of at least 4 members (excludes halogenated alkanes) is 1. The number of amides is 1. The number of rotatable bonds is 7. The first-order chi connectivity index (χ1) is 16.2. The van der Waals surface area contributed by atoms with E-state index in [0.29, 0.717) is 0 Å². The molecule has 2 heterocycles. The molecule has 0 unspecified atom stereocenters. The molecule has 4 heteroatoms. The highest BCUT2D eigenvalue weighted by molar-refractivity contribution is 6.06. The summed E-state index contributed by atoms with van der Waals surface area (Å²) in [6.07, 6.45) is 9.85. The van der Waals surface area contributed by atoms with Crippen molar-refractivity contribution in [2.75, 3.05) is 23.3 Å². The number of anilines is 2. The molecule has 1 fully saturated rings. The number of carbonyl (C=O) groups excluding carboxylic acids is 1. The molecular formula is C29H35N3O. The number of hydrogen-bond donors (Lipinski definition) is 1. The normalized spacial score (nSPS) is 14.1. The van der Waals surface area contributed by atoms with Gasteiger partial charge in [0.15, 0.2) is 0 Å². The van der Waals surface area contributed by atoms with Crippen LogP contribution < -0.4 is 10.2 Å². The van der Waals surface area contributed by atoms with Gasteiger partial charge >= 0.3 is 0 Å². The standard InChI is InChI=1S/C29H35N3O/c1-3-4-14-25-26(17-15-22(2)28(25)23-12-8-7-9-13-23)29(33)31-24-16-18-27(30-21-24)32-19-10-5-6-11-20-32/h7-9,12-13,15-18,21H,3-6,10-11,14,19-20H2,1-2H3,(H,31,33). The van der Waals surface area contributed by atoms with E-state index in [4.69, 9.17) is 0 Å². The van der Waals surface area contributed by atoms with Crippen molar-refractivity contribution in [2.24, 2.45) is 0 Å². The van der Waals surface area contributed by atoms with Gasteiger partial charge in [-0.3, -0.25) is 4.79 Å². The van der Waals surface area contributed by atoms with Crippen LogP contribution in [-0.2, 0) is 6.42 Å². The molecule has 4 nitrogen and oxygen atoms in total. The van der Waals surface area contributed by atoms with Crippen LogP contribution >= 0.6 is 0 Å². The van der Waals surface area contributed by atoms with Crippen molar-refractivity contribution in [2.45, 2.75) is 58.8 Å². The largest absolute Gasteiger partial charge is 0.357 e. The second-order valence-corrected chi connectivity index (χ2v) is 9.01. The van der Waals surface area contributed by atoms with Gasteiger partial charge in [0.25, 0.3) is 5.91 Å². The van der Waals surface area contributed by atoms with Crippen molar-refractivity contribution in [3.05, 3.63) is 77.5 Å². The molecule has 0 bridgehead atoms. The van der Waals surface area contributed by atoms with Gasteiger partial charge in [-0.1, -0.05) is 62.6 Å². The molecule has 1 amide bonds. The molecule has 4 rings (SSSR count). The average Bonchev–Trinajstić information content (AvgIpc) is 3.13. The summed E-state index contributed by atoms with van der Waals surface area (Å²) in [5.74, 6) is 0.933. The van der Waals surface area contributed by atoms with Crippen molar-refractivity contribution in [3.63, 3.8) is 0 Å². The summed E-state index contributed by atoms with van der Waals surface area (Å²) in [6.45, 7) is 6.44. The number of aryl methyl sites for hydroxylation is 1. The summed E-state index contributed by atoms with van der Waals surface area (Å²) in [4.78, 5) is 20.4. The highest BCUT2D eigenvalue weighted by Gasteiger charge is 2.18. The molecule has 0 radical (unpaired) electrons. The van der Waals surface area contributed by atoms with Crippen molar-refractivity contribution >= 4 is 17.4 Å². The van der Waals surface area contributed by atoms with E-state index in [9.17, 15) is 4.79 Å². The third-order valence-corrected chi connectivity index (χ3v) is 6.54. The van der Waals surface area contributed by atoms with Gasteiger partial charge in [-0.05, 0) is 73.1 Å². The maximum absolute atomic E-state index is 13.4. The Balaban J connectivity index is 1.58. The van der Waals surface area contributed by atoms with E-state index >= 15 is 0 Å². The van der Waals surface area contributed by atoms with Crippen LogP contribution in [0.2, 0.25) is 0 Å². The SMILES string of the molecule is CCCCc1c(C(=O)Nc2ccc(N3CCCCCC3)nc2)ccc(C)c1-c1ccccc1. The Morgan fingerprint density at radius 1 is 0.970 bits per heavy atom. The molecule has 3 aromatic rings. The quantitative estimate of drug-likeness (QED) is 0.428. The summed E-state index contributed by atoms with van der Waals surface area (Å²) in [5.41, 5.74) is 6.18. The van der Waals surface area contributed by atoms with E-state index in [-0.39, 0.29) is 5.91 Å². The topological polar surface area (TPSA) is 45.2 Å². The lowest BCUT2D eigenvalue weighted by Crippen LogP contribution is -2.24. The summed E-state index contributed by atoms with van der Waals surface area (Å²) >= 11 is 0. The van der Waals surface area contributed by atoms with E-state index in [1.165, 1.54) is 42.4 Å². The zero-order chi connectivity index (χ0) is 23.0. The monoisotopic (exact) mass is 441 g/mol. The Labute approximate surface area is 198 Å². The minimum atomic E-state index is -0.0670. The molecule has 1 aliphatic heterocycles. The first kappa shape index (κ1) is 23.0. The molecule has 0 atom stereocenters. The summed E-state index contributed by atoms with van der Waals surface area (Å²) in [7, 11) is 0. The van der Waals surface area contributed by atoms with Crippen molar-refractivity contribution in [1.82, 2.24) is 4.98 Å². The van der Waals surface area contributed by atoms with Gasteiger partial charge < -0.3 is 10.2 Å². The minimum absolute atomic E-state index is 0.0670. The Hall–Kier alpha value is -3.14. The van der Waals surface area contributed by atoms with E-state index in [2.05, 4.69) is 59.4 Å².